The van der Waals surface area contributed by atoms with Gasteiger partial charge in [0.15, 0.2) is 5.13 Å². The first kappa shape index (κ1) is 16.2. The lowest BCUT2D eigenvalue weighted by molar-refractivity contribution is 0.102. The number of nitrogens with one attached hydrogen (secondary N) is 1. The lowest BCUT2D eigenvalue weighted by Gasteiger charge is -2.03. The van der Waals surface area contributed by atoms with Crippen molar-refractivity contribution >= 4 is 60.6 Å². The molecule has 1 aromatic carbocycles. The minimum absolute atomic E-state index is 0.0570. The molecule has 4 rings (SSSR count). The summed E-state index contributed by atoms with van der Waals surface area (Å²) >= 11 is 6.24. The van der Waals surface area contributed by atoms with E-state index in [0.717, 1.165) is 15.0 Å². The molecule has 25 heavy (non-hydrogen) atoms. The number of anilines is 1. The lowest BCUT2D eigenvalue weighted by Crippen LogP contribution is -2.20. The van der Waals surface area contributed by atoms with Gasteiger partial charge in [0.25, 0.3) is 5.91 Å². The van der Waals surface area contributed by atoms with Gasteiger partial charge in [-0.1, -0.05) is 22.0 Å². The van der Waals surface area contributed by atoms with E-state index in [1.54, 1.807) is 29.5 Å². The number of benzene rings is 1. The largest absolute Gasteiger partial charge is 0.422 e. The van der Waals surface area contributed by atoms with Crippen LogP contribution in [0.2, 0.25) is 0 Å². The maximum absolute atomic E-state index is 12.4. The zero-order valence-electron chi connectivity index (χ0n) is 12.5. The summed E-state index contributed by atoms with van der Waals surface area (Å²) in [7, 11) is 0. The van der Waals surface area contributed by atoms with Crippen LogP contribution in [0.15, 0.2) is 60.8 Å². The smallest absolute Gasteiger partial charge is 0.349 e. The van der Waals surface area contributed by atoms with Crippen LogP contribution >= 0.6 is 38.6 Å². The summed E-state index contributed by atoms with van der Waals surface area (Å²) in [6, 6.07) is 10.7. The molecule has 8 heteroatoms. The Morgan fingerprint density at radius 1 is 1.20 bits per heavy atom. The molecular formula is C17H9BrN2O3S2. The predicted molar refractivity (Wildman–Crippen MR) is 104 cm³/mol. The van der Waals surface area contributed by atoms with E-state index in [-0.39, 0.29) is 5.56 Å². The van der Waals surface area contributed by atoms with Crippen molar-refractivity contribution < 1.29 is 9.21 Å². The van der Waals surface area contributed by atoms with Gasteiger partial charge < -0.3 is 4.42 Å². The van der Waals surface area contributed by atoms with Gasteiger partial charge in [-0.3, -0.25) is 10.1 Å². The lowest BCUT2D eigenvalue weighted by atomic mass is 10.2. The summed E-state index contributed by atoms with van der Waals surface area (Å²) < 4.78 is 6.05. The molecule has 1 amide bonds. The van der Waals surface area contributed by atoms with Crippen molar-refractivity contribution in [2.45, 2.75) is 0 Å². The normalized spacial score (nSPS) is 10.9. The number of aromatic nitrogens is 1. The minimum atomic E-state index is -0.678. The molecule has 124 valence electrons. The van der Waals surface area contributed by atoms with E-state index in [0.29, 0.717) is 16.1 Å². The summed E-state index contributed by atoms with van der Waals surface area (Å²) in [5.41, 5.74) is 0.490. The topological polar surface area (TPSA) is 72.2 Å². The third-order valence-corrected chi connectivity index (χ3v) is 5.58. The van der Waals surface area contributed by atoms with Crippen LogP contribution in [0.1, 0.15) is 10.4 Å². The first-order valence-electron chi connectivity index (χ1n) is 7.14. The summed E-state index contributed by atoms with van der Waals surface area (Å²) in [5.74, 6) is -0.539. The van der Waals surface area contributed by atoms with Gasteiger partial charge in [0.05, 0.1) is 10.6 Å². The van der Waals surface area contributed by atoms with E-state index < -0.39 is 11.5 Å². The molecule has 1 N–H and O–H groups in total. The van der Waals surface area contributed by atoms with Crippen LogP contribution < -0.4 is 10.9 Å². The Bertz CT molecular complexity index is 1130. The molecule has 0 fully saturated rings. The highest BCUT2D eigenvalue weighted by atomic mass is 79.9. The van der Waals surface area contributed by atoms with E-state index in [9.17, 15) is 9.59 Å². The minimum Gasteiger partial charge on any atom is -0.422 e. The number of carbonyl (C=O) groups excluding carboxylic acids is 1. The maximum Gasteiger partial charge on any atom is 0.349 e. The molecule has 0 radical (unpaired) electrons. The Kier molecular flexibility index (Phi) is 4.24. The monoisotopic (exact) mass is 432 g/mol. The summed E-state index contributed by atoms with van der Waals surface area (Å²) in [5, 5.41) is 7.59. The second kappa shape index (κ2) is 6.55. The predicted octanol–water partition coefficient (Wildman–Crippen LogP) is 4.99. The SMILES string of the molecule is O=C(Nc1nc(-c2cccs2)cs1)c1cc2cc(Br)ccc2oc1=O. The van der Waals surface area contributed by atoms with E-state index in [2.05, 4.69) is 26.2 Å². The molecule has 0 aliphatic heterocycles. The third kappa shape index (κ3) is 3.28. The third-order valence-electron chi connectivity index (χ3n) is 3.44. The highest BCUT2D eigenvalue weighted by Gasteiger charge is 2.16. The molecule has 0 spiro atoms. The van der Waals surface area contributed by atoms with Gasteiger partial charge >= 0.3 is 5.63 Å². The molecule has 5 nitrogen and oxygen atoms in total. The number of thiophene rings is 1. The quantitative estimate of drug-likeness (QED) is 0.462. The van der Waals surface area contributed by atoms with Crippen molar-refractivity contribution in [3.63, 3.8) is 0 Å². The number of hydrogen-bond acceptors (Lipinski definition) is 6. The van der Waals surface area contributed by atoms with Crippen LogP contribution in [-0.4, -0.2) is 10.9 Å². The summed E-state index contributed by atoms with van der Waals surface area (Å²) in [4.78, 5) is 29.9. The number of amides is 1. The molecule has 0 aliphatic carbocycles. The molecule has 0 aliphatic rings. The van der Waals surface area contributed by atoms with Crippen LogP contribution in [-0.2, 0) is 0 Å². The second-order valence-corrected chi connectivity index (χ2v) is 7.82. The van der Waals surface area contributed by atoms with Gasteiger partial charge in [0.2, 0.25) is 0 Å². The van der Waals surface area contributed by atoms with Crippen LogP contribution in [0.4, 0.5) is 5.13 Å². The van der Waals surface area contributed by atoms with E-state index in [1.807, 2.05) is 22.9 Å². The number of halogens is 1. The van der Waals surface area contributed by atoms with E-state index in [1.165, 1.54) is 17.4 Å². The molecule has 0 saturated carbocycles. The van der Waals surface area contributed by atoms with Gasteiger partial charge in [-0.2, -0.15) is 0 Å². The Hall–Kier alpha value is -2.29. The fourth-order valence-corrected chi connectivity index (χ4v) is 4.13. The van der Waals surface area contributed by atoms with Gasteiger partial charge in [-0.25, -0.2) is 9.78 Å². The van der Waals surface area contributed by atoms with Gasteiger partial charge in [0, 0.05) is 15.2 Å². The first-order chi connectivity index (χ1) is 12.1. The fraction of sp³-hybridized carbons (Fsp3) is 0. The van der Waals surface area contributed by atoms with Crippen molar-refractivity contribution in [3.05, 3.63) is 67.6 Å². The Morgan fingerprint density at radius 2 is 2.08 bits per heavy atom. The van der Waals surface area contributed by atoms with E-state index in [4.69, 9.17) is 4.42 Å². The van der Waals surface area contributed by atoms with Crippen LogP contribution in [0.3, 0.4) is 0 Å². The Balaban J connectivity index is 1.64. The standard InChI is InChI=1S/C17H9BrN2O3S2/c18-10-3-4-13-9(6-10)7-11(16(22)23-13)15(21)20-17-19-12(8-25-17)14-2-1-5-24-14/h1-8H,(H,19,20,21). The molecule has 0 bridgehead atoms. The van der Waals surface area contributed by atoms with Gasteiger partial charge in [-0.05, 0) is 35.7 Å². The number of carbonyl (C=O) groups is 1. The highest BCUT2D eigenvalue weighted by Crippen LogP contribution is 2.28. The zero-order valence-corrected chi connectivity index (χ0v) is 15.7. The van der Waals surface area contributed by atoms with E-state index >= 15 is 0 Å². The van der Waals surface area contributed by atoms with Crippen LogP contribution in [0.25, 0.3) is 21.5 Å². The van der Waals surface area contributed by atoms with Crippen molar-refractivity contribution in [1.82, 2.24) is 4.98 Å². The summed E-state index contributed by atoms with van der Waals surface area (Å²) in [6.45, 7) is 0. The molecule has 3 aromatic heterocycles. The van der Waals surface area contributed by atoms with Crippen molar-refractivity contribution in [2.24, 2.45) is 0 Å². The molecular weight excluding hydrogens is 424 g/mol. The molecule has 0 atom stereocenters. The van der Waals surface area contributed by atoms with Crippen LogP contribution in [0.5, 0.6) is 0 Å². The average molecular weight is 433 g/mol. The van der Waals surface area contributed by atoms with Crippen LogP contribution in [0, 0.1) is 0 Å². The average Bonchev–Trinajstić information content (AvgIpc) is 3.25. The van der Waals surface area contributed by atoms with Crippen molar-refractivity contribution in [2.75, 3.05) is 5.32 Å². The number of fused-ring (bicyclic) bond motifs is 1. The van der Waals surface area contributed by atoms with Crippen molar-refractivity contribution in [1.29, 1.82) is 0 Å². The first-order valence-corrected chi connectivity index (χ1v) is 9.69. The number of hydrogen-bond donors (Lipinski definition) is 1. The molecule has 0 saturated heterocycles. The number of thiazole rings is 1. The van der Waals surface area contributed by atoms with Gasteiger partial charge in [0.1, 0.15) is 11.1 Å². The Labute approximate surface area is 158 Å². The number of rotatable bonds is 3. The Morgan fingerprint density at radius 3 is 2.88 bits per heavy atom. The maximum atomic E-state index is 12.4. The summed E-state index contributed by atoms with van der Waals surface area (Å²) in [6.07, 6.45) is 0. The molecule has 4 aromatic rings. The molecule has 3 heterocycles. The molecule has 0 unspecified atom stereocenters. The highest BCUT2D eigenvalue weighted by molar-refractivity contribution is 9.10. The second-order valence-electron chi connectivity index (χ2n) is 5.10. The van der Waals surface area contributed by atoms with Crippen molar-refractivity contribution in [3.8, 4) is 10.6 Å². The fourth-order valence-electron chi connectivity index (χ4n) is 2.29. The van der Waals surface area contributed by atoms with Gasteiger partial charge in [-0.15, -0.1) is 22.7 Å². The number of nitrogens with zero attached hydrogens (tertiary/aromatic N) is 1. The zero-order chi connectivity index (χ0) is 17.4.